The van der Waals surface area contributed by atoms with Crippen molar-refractivity contribution in [1.82, 2.24) is 10.2 Å². The standard InChI is InChI=1S/C23H35N3O3/c1-24-23(25-15-21-20-7-3-2-5-17(20)8-9-22(21)27)26-12-10-18(11-13-26)29-16-19-6-4-14-28-19/h8-9,18-19,27H,2-7,10-16H2,1H3,(H,24,25). The molecule has 1 atom stereocenters. The van der Waals surface area contributed by atoms with Gasteiger partial charge in [0.25, 0.3) is 0 Å². The number of aromatic hydroxyl groups is 1. The van der Waals surface area contributed by atoms with Crippen LogP contribution in [0.2, 0.25) is 0 Å². The van der Waals surface area contributed by atoms with E-state index in [2.05, 4.69) is 21.3 Å². The quantitative estimate of drug-likeness (QED) is 0.587. The maximum atomic E-state index is 10.4. The number of hydrogen-bond donors (Lipinski definition) is 2. The number of fused-ring (bicyclic) bond motifs is 1. The first kappa shape index (κ1) is 20.5. The van der Waals surface area contributed by atoms with Crippen LogP contribution in [0.3, 0.4) is 0 Å². The van der Waals surface area contributed by atoms with E-state index in [1.807, 2.05) is 13.1 Å². The molecule has 3 aliphatic rings. The number of phenolic OH excluding ortho intramolecular Hbond substituents is 1. The summed E-state index contributed by atoms with van der Waals surface area (Å²) >= 11 is 0. The first-order chi connectivity index (χ1) is 14.2. The van der Waals surface area contributed by atoms with E-state index in [1.165, 1.54) is 24.0 Å². The monoisotopic (exact) mass is 401 g/mol. The van der Waals surface area contributed by atoms with Crippen molar-refractivity contribution in [2.75, 3.05) is 33.4 Å². The maximum absolute atomic E-state index is 10.4. The first-order valence-corrected chi connectivity index (χ1v) is 11.3. The average molecular weight is 402 g/mol. The van der Waals surface area contributed by atoms with Gasteiger partial charge >= 0.3 is 0 Å². The van der Waals surface area contributed by atoms with Crippen LogP contribution >= 0.6 is 0 Å². The van der Waals surface area contributed by atoms with E-state index in [9.17, 15) is 5.11 Å². The molecule has 29 heavy (non-hydrogen) atoms. The Morgan fingerprint density at radius 2 is 2.03 bits per heavy atom. The zero-order valence-corrected chi connectivity index (χ0v) is 17.7. The lowest BCUT2D eigenvalue weighted by molar-refractivity contribution is -0.0367. The molecule has 4 rings (SSSR count). The van der Waals surface area contributed by atoms with Crippen molar-refractivity contribution < 1.29 is 14.6 Å². The summed E-state index contributed by atoms with van der Waals surface area (Å²) in [7, 11) is 1.84. The molecule has 1 unspecified atom stereocenters. The molecule has 0 radical (unpaired) electrons. The number of nitrogens with zero attached hydrogens (tertiary/aromatic N) is 2. The second-order valence-corrected chi connectivity index (χ2v) is 8.46. The van der Waals surface area contributed by atoms with Crippen LogP contribution in [0.5, 0.6) is 5.75 Å². The fourth-order valence-corrected chi connectivity index (χ4v) is 4.84. The minimum Gasteiger partial charge on any atom is -0.508 e. The highest BCUT2D eigenvalue weighted by molar-refractivity contribution is 5.80. The van der Waals surface area contributed by atoms with Gasteiger partial charge in [0.1, 0.15) is 5.75 Å². The fraction of sp³-hybridized carbons (Fsp3) is 0.696. The predicted molar refractivity (Wildman–Crippen MR) is 114 cm³/mol. The molecule has 0 saturated carbocycles. The molecule has 2 aliphatic heterocycles. The summed E-state index contributed by atoms with van der Waals surface area (Å²) in [6.07, 6.45) is 9.57. The van der Waals surface area contributed by atoms with Crippen molar-refractivity contribution in [3.05, 3.63) is 28.8 Å². The fourth-order valence-electron chi connectivity index (χ4n) is 4.84. The van der Waals surface area contributed by atoms with Crippen LogP contribution in [0.15, 0.2) is 17.1 Å². The number of guanidine groups is 1. The Morgan fingerprint density at radius 1 is 1.21 bits per heavy atom. The number of phenols is 1. The molecule has 0 spiro atoms. The SMILES string of the molecule is CN=C(NCc1c(O)ccc2c1CCCC2)N1CCC(OCC2CCCO2)CC1. The van der Waals surface area contributed by atoms with E-state index in [0.29, 0.717) is 24.5 Å². The van der Waals surface area contributed by atoms with E-state index in [1.54, 1.807) is 0 Å². The Hall–Kier alpha value is -1.79. The first-order valence-electron chi connectivity index (χ1n) is 11.3. The third-order valence-corrected chi connectivity index (χ3v) is 6.54. The van der Waals surface area contributed by atoms with Crippen molar-refractivity contribution >= 4 is 5.96 Å². The number of rotatable bonds is 5. The Morgan fingerprint density at radius 3 is 2.79 bits per heavy atom. The average Bonchev–Trinajstić information content (AvgIpc) is 3.28. The van der Waals surface area contributed by atoms with Crippen molar-refractivity contribution in [2.24, 2.45) is 4.99 Å². The van der Waals surface area contributed by atoms with Crippen LogP contribution in [0.4, 0.5) is 0 Å². The number of likely N-dealkylation sites (tertiary alicyclic amines) is 1. The normalized spacial score (nSPS) is 23.3. The highest BCUT2D eigenvalue weighted by Crippen LogP contribution is 2.30. The van der Waals surface area contributed by atoms with Gasteiger partial charge < -0.3 is 24.8 Å². The summed E-state index contributed by atoms with van der Waals surface area (Å²) in [5.41, 5.74) is 3.77. The van der Waals surface area contributed by atoms with E-state index in [0.717, 1.165) is 76.4 Å². The van der Waals surface area contributed by atoms with Gasteiger partial charge in [-0.05, 0) is 68.6 Å². The van der Waals surface area contributed by atoms with Crippen molar-refractivity contribution in [2.45, 2.75) is 70.1 Å². The van der Waals surface area contributed by atoms with E-state index in [4.69, 9.17) is 9.47 Å². The van der Waals surface area contributed by atoms with Gasteiger partial charge in [0.2, 0.25) is 0 Å². The number of ether oxygens (including phenoxy) is 2. The van der Waals surface area contributed by atoms with Crippen LogP contribution < -0.4 is 5.32 Å². The smallest absolute Gasteiger partial charge is 0.193 e. The summed E-state index contributed by atoms with van der Waals surface area (Å²) < 4.78 is 11.7. The molecule has 0 amide bonds. The Balaban J connectivity index is 1.28. The summed E-state index contributed by atoms with van der Waals surface area (Å²) in [4.78, 5) is 6.80. The van der Waals surface area contributed by atoms with E-state index >= 15 is 0 Å². The van der Waals surface area contributed by atoms with Gasteiger partial charge in [-0.1, -0.05) is 6.07 Å². The lowest BCUT2D eigenvalue weighted by atomic mass is 9.88. The number of benzene rings is 1. The number of hydrogen-bond acceptors (Lipinski definition) is 4. The third-order valence-electron chi connectivity index (χ3n) is 6.54. The zero-order valence-electron chi connectivity index (χ0n) is 17.7. The molecular formula is C23H35N3O3. The summed E-state index contributed by atoms with van der Waals surface area (Å²) in [6.45, 7) is 4.12. The van der Waals surface area contributed by atoms with Crippen molar-refractivity contribution in [3.8, 4) is 5.75 Å². The van der Waals surface area contributed by atoms with Crippen LogP contribution in [0, 0.1) is 0 Å². The molecular weight excluding hydrogens is 366 g/mol. The maximum Gasteiger partial charge on any atom is 0.193 e. The number of aliphatic imine (C=N–C) groups is 1. The molecule has 2 saturated heterocycles. The topological polar surface area (TPSA) is 66.3 Å². The molecule has 1 aromatic carbocycles. The summed E-state index contributed by atoms with van der Waals surface area (Å²) in [5.74, 6) is 1.31. The molecule has 1 aromatic rings. The molecule has 2 heterocycles. The molecule has 6 nitrogen and oxygen atoms in total. The van der Waals surface area contributed by atoms with Gasteiger partial charge in [-0.2, -0.15) is 0 Å². The Labute approximate surface area is 174 Å². The molecule has 1 aliphatic carbocycles. The number of aryl methyl sites for hydroxylation is 1. The lowest BCUT2D eigenvalue weighted by Gasteiger charge is -2.34. The molecule has 6 heteroatoms. The second-order valence-electron chi connectivity index (χ2n) is 8.46. The summed E-state index contributed by atoms with van der Waals surface area (Å²) in [6, 6.07) is 3.93. The molecule has 160 valence electrons. The van der Waals surface area contributed by atoms with Gasteiger partial charge in [-0.15, -0.1) is 0 Å². The molecule has 0 bridgehead atoms. The van der Waals surface area contributed by atoms with Gasteiger partial charge in [-0.25, -0.2) is 0 Å². The van der Waals surface area contributed by atoms with Crippen LogP contribution in [-0.4, -0.2) is 61.5 Å². The van der Waals surface area contributed by atoms with Crippen molar-refractivity contribution in [1.29, 1.82) is 0 Å². The highest BCUT2D eigenvalue weighted by Gasteiger charge is 2.24. The lowest BCUT2D eigenvalue weighted by Crippen LogP contribution is -2.47. The third kappa shape index (κ3) is 5.04. The molecule has 0 aromatic heterocycles. The van der Waals surface area contributed by atoms with E-state index in [-0.39, 0.29) is 0 Å². The Kier molecular flexibility index (Phi) is 6.93. The molecule has 2 fully saturated rings. The molecule has 2 N–H and O–H groups in total. The largest absolute Gasteiger partial charge is 0.508 e. The van der Waals surface area contributed by atoms with Crippen LogP contribution in [0.1, 0.15) is 55.2 Å². The summed E-state index contributed by atoms with van der Waals surface area (Å²) in [5, 5.41) is 13.9. The highest BCUT2D eigenvalue weighted by atomic mass is 16.5. The van der Waals surface area contributed by atoms with Gasteiger partial charge in [0, 0.05) is 38.9 Å². The Bertz CT molecular complexity index is 708. The predicted octanol–water partition coefficient (Wildman–Crippen LogP) is 3.01. The zero-order chi connectivity index (χ0) is 20.1. The number of piperidine rings is 1. The van der Waals surface area contributed by atoms with Crippen LogP contribution in [0.25, 0.3) is 0 Å². The van der Waals surface area contributed by atoms with Crippen molar-refractivity contribution in [3.63, 3.8) is 0 Å². The van der Waals surface area contributed by atoms with Gasteiger partial charge in [-0.3, -0.25) is 4.99 Å². The minimum atomic E-state index is 0.298. The second kappa shape index (κ2) is 9.81. The minimum absolute atomic E-state index is 0.298. The number of nitrogens with one attached hydrogen (secondary N) is 1. The van der Waals surface area contributed by atoms with Gasteiger partial charge in [0.05, 0.1) is 18.8 Å². The van der Waals surface area contributed by atoms with E-state index < -0.39 is 0 Å². The van der Waals surface area contributed by atoms with Crippen LogP contribution in [-0.2, 0) is 28.9 Å². The van der Waals surface area contributed by atoms with Gasteiger partial charge in [0.15, 0.2) is 5.96 Å².